The van der Waals surface area contributed by atoms with E-state index in [2.05, 4.69) is 81.5 Å². The average Bonchev–Trinajstić information content (AvgIpc) is 3.46. The van der Waals surface area contributed by atoms with E-state index in [0.29, 0.717) is 19.3 Å². The molecule has 85 heavy (non-hydrogen) atoms. The van der Waals surface area contributed by atoms with Crippen LogP contribution in [0, 0.1) is 0 Å². The van der Waals surface area contributed by atoms with E-state index < -0.39 is 67.3 Å². The molecule has 0 aliphatic carbocycles. The number of unbranched alkanes of at least 4 members (excludes halogenated alkanes) is 37. The largest absolute Gasteiger partial charge is 0.479 e. The summed E-state index contributed by atoms with van der Waals surface area (Å²) in [6.45, 7) is 5.92. The van der Waals surface area contributed by atoms with E-state index >= 15 is 0 Å². The van der Waals surface area contributed by atoms with Crippen molar-refractivity contribution in [2.75, 3.05) is 13.2 Å². The SMILES string of the molecule is CC/C=C\C/C=C\C/C=C\C/C=C\C/C=C\CCCCCC(=O)OCC(COC1OC(C(=O)O)C(O)C(O)C1OC(=O)CCCCCCCCCCCCCCCCCCC)OC(=O)CCCCCCCCCCCCCCCCCCCCC. The molecule has 0 aromatic heterocycles. The number of aliphatic carboxylic acids is 1. The van der Waals surface area contributed by atoms with Gasteiger partial charge in [0.05, 0.1) is 6.61 Å². The van der Waals surface area contributed by atoms with Crippen LogP contribution in [0.5, 0.6) is 0 Å². The van der Waals surface area contributed by atoms with Gasteiger partial charge in [-0.25, -0.2) is 4.79 Å². The molecule has 0 aromatic carbocycles. The van der Waals surface area contributed by atoms with Crippen molar-refractivity contribution in [3.63, 3.8) is 0 Å². The first-order valence-corrected chi connectivity index (χ1v) is 35.3. The maximum atomic E-state index is 13.2. The summed E-state index contributed by atoms with van der Waals surface area (Å²) in [6.07, 6.45) is 64.6. The van der Waals surface area contributed by atoms with Crippen molar-refractivity contribution in [2.24, 2.45) is 0 Å². The minimum atomic E-state index is -1.91. The molecule has 1 fully saturated rings. The van der Waals surface area contributed by atoms with Crippen molar-refractivity contribution < 1.29 is 58.2 Å². The molecule has 0 amide bonds. The standard InChI is InChI=1S/C73H128O12/c1-4-7-10-13-16-19-22-25-28-31-33-36-38-41-44-47-50-53-56-59-65(74)81-62-64(83-66(75)60-57-54-51-48-45-42-40-37-34-32-29-26-23-20-17-14-11-8-5-2)63-82-73-71(69(78)68(77)70(85-73)72(79)80)84-67(76)61-58-55-52-49-46-43-39-35-30-27-24-21-18-15-12-9-6-3/h7,10,16,19,25,28,33,36,41,44,64,68-71,73,77-78H,4-6,8-9,11-15,17-18,20-24,26-27,29-32,34-35,37-40,42-43,45-63H2,1-3H3,(H,79,80)/b10-7-,19-16-,28-25-,36-33-,44-41-. The number of ether oxygens (including phenoxy) is 5. The number of esters is 3. The summed E-state index contributed by atoms with van der Waals surface area (Å²) in [5.74, 6) is -3.13. The lowest BCUT2D eigenvalue weighted by molar-refractivity contribution is -0.301. The Morgan fingerprint density at radius 1 is 0.400 bits per heavy atom. The fraction of sp³-hybridized carbons (Fsp3) is 0.808. The topological polar surface area (TPSA) is 175 Å². The van der Waals surface area contributed by atoms with Crippen molar-refractivity contribution >= 4 is 23.9 Å². The van der Waals surface area contributed by atoms with Gasteiger partial charge in [-0.05, 0) is 64.2 Å². The van der Waals surface area contributed by atoms with Gasteiger partial charge in [0.15, 0.2) is 24.6 Å². The summed E-state index contributed by atoms with van der Waals surface area (Å²) in [5.41, 5.74) is 0. The molecule has 12 heteroatoms. The number of carboxylic acid groups (broad SMARTS) is 1. The lowest BCUT2D eigenvalue weighted by atomic mass is 9.98. The van der Waals surface area contributed by atoms with Crippen LogP contribution in [0.4, 0.5) is 0 Å². The molecule has 6 unspecified atom stereocenters. The van der Waals surface area contributed by atoms with E-state index in [9.17, 15) is 34.5 Å². The number of aliphatic hydroxyl groups is 2. The molecule has 1 aliphatic heterocycles. The zero-order valence-corrected chi connectivity index (χ0v) is 54.6. The van der Waals surface area contributed by atoms with Crippen LogP contribution in [-0.2, 0) is 42.9 Å². The minimum absolute atomic E-state index is 0.0616. The molecular weight excluding hydrogens is 1070 g/mol. The highest BCUT2D eigenvalue weighted by Gasteiger charge is 2.50. The summed E-state index contributed by atoms with van der Waals surface area (Å²) < 4.78 is 28.6. The Morgan fingerprint density at radius 2 is 0.741 bits per heavy atom. The van der Waals surface area contributed by atoms with Crippen molar-refractivity contribution in [2.45, 2.75) is 366 Å². The van der Waals surface area contributed by atoms with Crippen LogP contribution in [0.25, 0.3) is 0 Å². The zero-order chi connectivity index (χ0) is 61.7. The maximum absolute atomic E-state index is 13.2. The van der Waals surface area contributed by atoms with Crippen molar-refractivity contribution in [3.8, 4) is 0 Å². The molecule has 0 saturated carbocycles. The summed E-state index contributed by atoms with van der Waals surface area (Å²) in [6, 6.07) is 0. The van der Waals surface area contributed by atoms with Crippen LogP contribution in [0.1, 0.15) is 329 Å². The summed E-state index contributed by atoms with van der Waals surface area (Å²) >= 11 is 0. The highest BCUT2D eigenvalue weighted by atomic mass is 16.7. The molecule has 0 aromatic rings. The fourth-order valence-electron chi connectivity index (χ4n) is 10.8. The van der Waals surface area contributed by atoms with E-state index in [-0.39, 0.29) is 25.9 Å². The van der Waals surface area contributed by atoms with E-state index in [4.69, 9.17) is 23.7 Å². The maximum Gasteiger partial charge on any atom is 0.335 e. The zero-order valence-electron chi connectivity index (χ0n) is 54.6. The Kier molecular flexibility index (Phi) is 56.7. The van der Waals surface area contributed by atoms with Crippen molar-refractivity contribution in [1.82, 2.24) is 0 Å². The molecule has 1 aliphatic rings. The molecule has 0 radical (unpaired) electrons. The molecule has 1 rings (SSSR count). The van der Waals surface area contributed by atoms with Gasteiger partial charge < -0.3 is 39.0 Å². The normalized spacial score (nSPS) is 17.8. The second kappa shape index (κ2) is 60.7. The summed E-state index contributed by atoms with van der Waals surface area (Å²) in [5, 5.41) is 31.7. The Labute approximate surface area is 519 Å². The Hall–Kier alpha value is -3.58. The number of rotatable bonds is 61. The van der Waals surface area contributed by atoms with E-state index in [1.54, 1.807) is 0 Å². The van der Waals surface area contributed by atoms with Crippen LogP contribution in [0.15, 0.2) is 60.8 Å². The molecule has 1 saturated heterocycles. The Bertz CT molecular complexity index is 1710. The second-order valence-corrected chi connectivity index (χ2v) is 24.2. The van der Waals surface area contributed by atoms with Gasteiger partial charge in [0.25, 0.3) is 0 Å². The molecule has 0 bridgehead atoms. The number of carbonyl (C=O) groups is 4. The number of carbonyl (C=O) groups excluding carboxylic acids is 3. The second-order valence-electron chi connectivity index (χ2n) is 24.2. The van der Waals surface area contributed by atoms with Crippen LogP contribution in [-0.4, -0.2) is 89.2 Å². The lowest BCUT2D eigenvalue weighted by Gasteiger charge is -2.40. The molecule has 3 N–H and O–H groups in total. The third kappa shape index (κ3) is 50.0. The first kappa shape index (κ1) is 79.4. The van der Waals surface area contributed by atoms with Gasteiger partial charge in [-0.15, -0.1) is 0 Å². The summed E-state index contributed by atoms with van der Waals surface area (Å²) in [7, 11) is 0. The highest BCUT2D eigenvalue weighted by Crippen LogP contribution is 2.27. The molecule has 492 valence electrons. The fourth-order valence-corrected chi connectivity index (χ4v) is 10.8. The molecule has 1 heterocycles. The average molecular weight is 1200 g/mol. The van der Waals surface area contributed by atoms with Gasteiger partial charge in [-0.1, -0.05) is 306 Å². The quantitative estimate of drug-likeness (QED) is 0.0228. The van der Waals surface area contributed by atoms with Crippen molar-refractivity contribution in [3.05, 3.63) is 60.8 Å². The van der Waals surface area contributed by atoms with Crippen LogP contribution in [0.3, 0.4) is 0 Å². The third-order valence-electron chi connectivity index (χ3n) is 16.1. The molecule has 12 nitrogen and oxygen atoms in total. The highest BCUT2D eigenvalue weighted by molar-refractivity contribution is 5.74. The van der Waals surface area contributed by atoms with E-state index in [1.807, 2.05) is 0 Å². The Morgan fingerprint density at radius 3 is 1.13 bits per heavy atom. The molecule has 6 atom stereocenters. The number of aliphatic hydroxyl groups excluding tert-OH is 2. The first-order valence-electron chi connectivity index (χ1n) is 35.3. The lowest BCUT2D eigenvalue weighted by Crippen LogP contribution is -2.61. The van der Waals surface area contributed by atoms with Crippen LogP contribution >= 0.6 is 0 Å². The summed E-state index contributed by atoms with van der Waals surface area (Å²) in [4.78, 5) is 51.5. The predicted molar refractivity (Wildman–Crippen MR) is 349 cm³/mol. The van der Waals surface area contributed by atoms with Gasteiger partial charge in [0.1, 0.15) is 18.8 Å². The van der Waals surface area contributed by atoms with E-state index in [0.717, 1.165) is 96.3 Å². The van der Waals surface area contributed by atoms with Gasteiger partial charge >= 0.3 is 23.9 Å². The minimum Gasteiger partial charge on any atom is -0.479 e. The number of allylic oxidation sites excluding steroid dienone is 10. The third-order valence-corrected chi connectivity index (χ3v) is 16.1. The number of hydrogen-bond acceptors (Lipinski definition) is 11. The smallest absolute Gasteiger partial charge is 0.335 e. The van der Waals surface area contributed by atoms with Gasteiger partial charge in [-0.2, -0.15) is 0 Å². The molecule has 0 spiro atoms. The monoisotopic (exact) mass is 1200 g/mol. The number of carboxylic acids is 1. The first-order chi connectivity index (χ1) is 41.6. The molecular formula is C73H128O12. The van der Waals surface area contributed by atoms with Crippen molar-refractivity contribution in [1.29, 1.82) is 0 Å². The van der Waals surface area contributed by atoms with Crippen LogP contribution in [0.2, 0.25) is 0 Å². The van der Waals surface area contributed by atoms with Crippen LogP contribution < -0.4 is 0 Å². The predicted octanol–water partition coefficient (Wildman–Crippen LogP) is 19.5. The number of hydrogen-bond donors (Lipinski definition) is 3. The Balaban J connectivity index is 2.64. The van der Waals surface area contributed by atoms with Gasteiger partial charge in [0.2, 0.25) is 0 Å². The van der Waals surface area contributed by atoms with Gasteiger partial charge in [-0.3, -0.25) is 14.4 Å². The van der Waals surface area contributed by atoms with E-state index in [1.165, 1.54) is 173 Å². The van der Waals surface area contributed by atoms with Gasteiger partial charge in [0, 0.05) is 19.3 Å².